The number of aliphatic hydroxyl groups is 1. The molecule has 0 bridgehead atoms. The van der Waals surface area contributed by atoms with Crippen molar-refractivity contribution in [1.29, 1.82) is 0 Å². The molecule has 0 heterocycles. The number of amides is 1. The maximum absolute atomic E-state index is 12.0. The van der Waals surface area contributed by atoms with Crippen LogP contribution in [0.5, 0.6) is 0 Å². The first-order chi connectivity index (χ1) is 13.8. The summed E-state index contributed by atoms with van der Waals surface area (Å²) >= 11 is 0. The predicted octanol–water partition coefficient (Wildman–Crippen LogP) is 5.56. The summed E-state index contributed by atoms with van der Waals surface area (Å²) in [6, 6.07) is 0. The van der Waals surface area contributed by atoms with Gasteiger partial charge in [0.2, 0.25) is 5.91 Å². The molecule has 3 heteroatoms. The van der Waals surface area contributed by atoms with Gasteiger partial charge < -0.3 is 10.4 Å². The number of rotatable bonds is 5. The quantitative estimate of drug-likeness (QED) is 0.631. The SMILES string of the molecule is CCNC(=O)CC[C@H](C)[C@@H]1CC[C@@H]2[C@@H]3[C@@H](CC[C@]21C)[C@]1(C)CCCC[C@@H]1C[C@@H]3O. The van der Waals surface area contributed by atoms with Crippen LogP contribution in [-0.2, 0) is 4.79 Å². The number of fused-ring (bicyclic) bond motifs is 5. The van der Waals surface area contributed by atoms with Crippen LogP contribution in [0.25, 0.3) is 0 Å². The van der Waals surface area contributed by atoms with Crippen LogP contribution in [0.3, 0.4) is 0 Å². The third-order valence-corrected chi connectivity index (χ3v) is 10.6. The first kappa shape index (κ1) is 21.7. The molecule has 166 valence electrons. The van der Waals surface area contributed by atoms with Crippen molar-refractivity contribution in [3.05, 3.63) is 0 Å². The summed E-state index contributed by atoms with van der Waals surface area (Å²) in [7, 11) is 0. The highest BCUT2D eigenvalue weighted by atomic mass is 16.3. The number of hydrogen-bond acceptors (Lipinski definition) is 2. The van der Waals surface area contributed by atoms with E-state index in [4.69, 9.17) is 0 Å². The van der Waals surface area contributed by atoms with Gasteiger partial charge in [-0.2, -0.15) is 0 Å². The van der Waals surface area contributed by atoms with Crippen molar-refractivity contribution in [3.63, 3.8) is 0 Å². The monoisotopic (exact) mass is 403 g/mol. The Morgan fingerprint density at radius 3 is 2.59 bits per heavy atom. The van der Waals surface area contributed by atoms with E-state index in [2.05, 4.69) is 26.1 Å². The van der Waals surface area contributed by atoms with E-state index in [1.807, 2.05) is 6.92 Å². The number of carbonyl (C=O) groups excluding carboxylic acids is 1. The third kappa shape index (κ3) is 3.58. The van der Waals surface area contributed by atoms with E-state index in [1.165, 1.54) is 51.4 Å². The van der Waals surface area contributed by atoms with Gasteiger partial charge in [0.15, 0.2) is 0 Å². The minimum Gasteiger partial charge on any atom is -0.393 e. The molecule has 4 fully saturated rings. The van der Waals surface area contributed by atoms with E-state index < -0.39 is 0 Å². The molecule has 0 radical (unpaired) electrons. The Kier molecular flexibility index (Phi) is 6.10. The number of carbonyl (C=O) groups is 1. The Labute approximate surface area is 178 Å². The van der Waals surface area contributed by atoms with Gasteiger partial charge in [0.25, 0.3) is 0 Å². The van der Waals surface area contributed by atoms with Crippen LogP contribution in [0, 0.1) is 46.3 Å². The Morgan fingerprint density at radius 1 is 1.07 bits per heavy atom. The normalized spacial score (nSPS) is 47.6. The lowest BCUT2D eigenvalue weighted by Gasteiger charge is -2.62. The second-order valence-corrected chi connectivity index (χ2v) is 11.7. The fourth-order valence-electron chi connectivity index (χ4n) is 9.08. The smallest absolute Gasteiger partial charge is 0.219 e. The minimum atomic E-state index is -0.0785. The molecule has 2 N–H and O–H groups in total. The van der Waals surface area contributed by atoms with E-state index in [9.17, 15) is 9.90 Å². The first-order valence-electron chi connectivity index (χ1n) is 12.8. The van der Waals surface area contributed by atoms with Crippen molar-refractivity contribution in [2.45, 2.75) is 104 Å². The first-order valence-corrected chi connectivity index (χ1v) is 12.8. The topological polar surface area (TPSA) is 49.3 Å². The molecule has 0 aromatic heterocycles. The Bertz CT molecular complexity index is 606. The molecule has 4 aliphatic rings. The van der Waals surface area contributed by atoms with Crippen molar-refractivity contribution in [2.24, 2.45) is 46.3 Å². The highest BCUT2D eigenvalue weighted by molar-refractivity contribution is 5.75. The Hall–Kier alpha value is -0.570. The summed E-state index contributed by atoms with van der Waals surface area (Å²) in [5.74, 6) is 4.22. The summed E-state index contributed by atoms with van der Waals surface area (Å²) in [5.41, 5.74) is 0.839. The number of nitrogens with one attached hydrogen (secondary N) is 1. The zero-order chi connectivity index (χ0) is 20.8. The second kappa shape index (κ2) is 8.17. The molecule has 29 heavy (non-hydrogen) atoms. The highest BCUT2D eigenvalue weighted by Crippen LogP contribution is 2.68. The molecular weight excluding hydrogens is 358 g/mol. The number of aliphatic hydroxyl groups excluding tert-OH is 1. The maximum atomic E-state index is 12.0. The molecule has 0 aromatic rings. The largest absolute Gasteiger partial charge is 0.393 e. The van der Waals surface area contributed by atoms with Gasteiger partial charge in [-0.15, -0.1) is 0 Å². The summed E-state index contributed by atoms with van der Waals surface area (Å²) in [4.78, 5) is 12.0. The maximum Gasteiger partial charge on any atom is 0.219 e. The standard InChI is InChI=1S/C26H45NO2/c1-5-27-23(29)12-9-17(2)19-10-11-20-24-21(13-15-26(19,20)4)25(3)14-7-6-8-18(25)16-22(24)28/h17-22,24,28H,5-16H2,1-4H3,(H,27,29)/t17-,18+,19-,20+,21+,22-,24+,25+,26-/m0/s1. The van der Waals surface area contributed by atoms with Gasteiger partial charge in [0.05, 0.1) is 6.10 Å². The fourth-order valence-corrected chi connectivity index (χ4v) is 9.08. The molecular formula is C26H45NO2. The Morgan fingerprint density at radius 2 is 1.83 bits per heavy atom. The third-order valence-electron chi connectivity index (χ3n) is 10.6. The van der Waals surface area contributed by atoms with Crippen molar-refractivity contribution in [3.8, 4) is 0 Å². The lowest BCUT2D eigenvalue weighted by Crippen LogP contribution is -2.57. The van der Waals surface area contributed by atoms with Crippen LogP contribution in [0.4, 0.5) is 0 Å². The molecule has 0 aromatic carbocycles. The average Bonchev–Trinajstić information content (AvgIpc) is 3.04. The molecule has 9 atom stereocenters. The van der Waals surface area contributed by atoms with Gasteiger partial charge in [-0.25, -0.2) is 0 Å². The van der Waals surface area contributed by atoms with E-state index >= 15 is 0 Å². The minimum absolute atomic E-state index is 0.0785. The summed E-state index contributed by atoms with van der Waals surface area (Å²) in [6.07, 6.45) is 13.4. The van der Waals surface area contributed by atoms with Gasteiger partial charge >= 0.3 is 0 Å². The van der Waals surface area contributed by atoms with Crippen molar-refractivity contribution in [1.82, 2.24) is 5.32 Å². The van der Waals surface area contributed by atoms with E-state index in [0.29, 0.717) is 40.9 Å². The molecule has 0 saturated heterocycles. The van der Waals surface area contributed by atoms with Gasteiger partial charge in [0.1, 0.15) is 0 Å². The molecule has 0 unspecified atom stereocenters. The zero-order valence-electron chi connectivity index (χ0n) is 19.4. The van der Waals surface area contributed by atoms with Crippen molar-refractivity contribution < 1.29 is 9.90 Å². The molecule has 4 rings (SSSR count). The van der Waals surface area contributed by atoms with Gasteiger partial charge in [-0.05, 0) is 105 Å². The Balaban J connectivity index is 1.49. The van der Waals surface area contributed by atoms with E-state index in [-0.39, 0.29) is 12.0 Å². The zero-order valence-corrected chi connectivity index (χ0v) is 19.4. The van der Waals surface area contributed by atoms with Crippen molar-refractivity contribution >= 4 is 5.91 Å². The van der Waals surface area contributed by atoms with Crippen LogP contribution >= 0.6 is 0 Å². The van der Waals surface area contributed by atoms with Gasteiger partial charge in [-0.3, -0.25) is 4.79 Å². The summed E-state index contributed by atoms with van der Waals surface area (Å²) in [5, 5.41) is 14.3. The lowest BCUT2D eigenvalue weighted by atomic mass is 9.44. The van der Waals surface area contributed by atoms with Crippen LogP contribution in [-0.4, -0.2) is 23.7 Å². The van der Waals surface area contributed by atoms with Crippen molar-refractivity contribution in [2.75, 3.05) is 6.54 Å². The summed E-state index contributed by atoms with van der Waals surface area (Å²) in [6.45, 7) is 10.3. The van der Waals surface area contributed by atoms with Gasteiger partial charge in [0, 0.05) is 13.0 Å². The molecule has 3 nitrogen and oxygen atoms in total. The fraction of sp³-hybridized carbons (Fsp3) is 0.962. The highest BCUT2D eigenvalue weighted by Gasteiger charge is 2.62. The van der Waals surface area contributed by atoms with Crippen LogP contribution in [0.1, 0.15) is 98.3 Å². The summed E-state index contributed by atoms with van der Waals surface area (Å²) < 4.78 is 0. The molecule has 4 aliphatic carbocycles. The van der Waals surface area contributed by atoms with Crippen LogP contribution in [0.15, 0.2) is 0 Å². The average molecular weight is 404 g/mol. The van der Waals surface area contributed by atoms with E-state index in [1.54, 1.807) is 0 Å². The molecule has 4 saturated carbocycles. The predicted molar refractivity (Wildman–Crippen MR) is 118 cm³/mol. The van der Waals surface area contributed by atoms with Crippen LogP contribution in [0.2, 0.25) is 0 Å². The number of hydrogen-bond donors (Lipinski definition) is 2. The molecule has 0 aliphatic heterocycles. The van der Waals surface area contributed by atoms with E-state index in [0.717, 1.165) is 31.2 Å². The van der Waals surface area contributed by atoms with Crippen LogP contribution < -0.4 is 5.32 Å². The van der Waals surface area contributed by atoms with Gasteiger partial charge in [-0.1, -0.05) is 33.6 Å². The molecule has 0 spiro atoms. The second-order valence-electron chi connectivity index (χ2n) is 11.7. The lowest BCUT2D eigenvalue weighted by molar-refractivity contribution is -0.164. The molecule has 1 amide bonds.